The van der Waals surface area contributed by atoms with Crippen LogP contribution < -0.4 is 5.32 Å². The number of unbranched alkanes of at least 4 members (excludes halogenated alkanes) is 43. The molecule has 0 aromatic heterocycles. The molecule has 6 nitrogen and oxygen atoms in total. The number of hydrogen-bond acceptors (Lipinski definition) is 5. The second-order valence-corrected chi connectivity index (χ2v) is 20.7. The lowest BCUT2D eigenvalue weighted by atomic mass is 10.0. The summed E-state index contributed by atoms with van der Waals surface area (Å²) in [5, 5.41) is 23.3. The summed E-state index contributed by atoms with van der Waals surface area (Å²) in [5.74, 6) is -0.0585. The maximum absolute atomic E-state index is 12.5. The van der Waals surface area contributed by atoms with Gasteiger partial charge in [-0.05, 0) is 51.4 Å². The molecule has 0 radical (unpaired) electrons. The van der Waals surface area contributed by atoms with E-state index in [4.69, 9.17) is 4.74 Å². The summed E-state index contributed by atoms with van der Waals surface area (Å²) in [6, 6.07) is -0.553. The van der Waals surface area contributed by atoms with Gasteiger partial charge in [-0.1, -0.05) is 283 Å². The fourth-order valence-electron chi connectivity index (χ4n) is 9.46. The number of carbonyl (C=O) groups is 2. The summed E-state index contributed by atoms with van der Waals surface area (Å²) >= 11 is 0. The summed E-state index contributed by atoms with van der Waals surface area (Å²) < 4.78 is 5.48. The summed E-state index contributed by atoms with van der Waals surface area (Å²) in [5.41, 5.74) is 0. The van der Waals surface area contributed by atoms with Gasteiger partial charge in [0.05, 0.1) is 25.4 Å². The van der Waals surface area contributed by atoms with Crippen LogP contribution in [0.3, 0.4) is 0 Å². The second kappa shape index (κ2) is 56.2. The number of esters is 1. The van der Waals surface area contributed by atoms with E-state index in [1.54, 1.807) is 0 Å². The van der Waals surface area contributed by atoms with Gasteiger partial charge in [-0.25, -0.2) is 0 Å². The van der Waals surface area contributed by atoms with Crippen LogP contribution in [0.1, 0.15) is 335 Å². The summed E-state index contributed by atoms with van der Waals surface area (Å²) in [4.78, 5) is 24.6. The molecule has 6 heteroatoms. The molecule has 0 heterocycles. The van der Waals surface area contributed by atoms with E-state index >= 15 is 0 Å². The van der Waals surface area contributed by atoms with E-state index in [1.165, 1.54) is 244 Å². The topological polar surface area (TPSA) is 95.9 Å². The predicted molar refractivity (Wildman–Crippen MR) is 287 cm³/mol. The highest BCUT2D eigenvalue weighted by molar-refractivity contribution is 5.76. The largest absolute Gasteiger partial charge is 0.466 e. The lowest BCUT2D eigenvalue weighted by molar-refractivity contribution is -0.143. The second-order valence-electron chi connectivity index (χ2n) is 20.7. The molecule has 3 N–H and O–H groups in total. The van der Waals surface area contributed by atoms with Crippen LogP contribution in [-0.2, 0) is 14.3 Å². The van der Waals surface area contributed by atoms with Crippen LogP contribution in [0.25, 0.3) is 0 Å². The van der Waals surface area contributed by atoms with Gasteiger partial charge in [-0.2, -0.15) is 0 Å². The minimum Gasteiger partial charge on any atom is -0.466 e. The number of amides is 1. The van der Waals surface area contributed by atoms with Crippen molar-refractivity contribution in [2.45, 2.75) is 347 Å². The molecular formula is C60H117NO5. The zero-order chi connectivity index (χ0) is 47.9. The molecule has 2 atom stereocenters. The van der Waals surface area contributed by atoms with Gasteiger partial charge in [0, 0.05) is 12.8 Å². The smallest absolute Gasteiger partial charge is 0.305 e. The van der Waals surface area contributed by atoms with E-state index < -0.39 is 12.1 Å². The first kappa shape index (κ1) is 64.6. The van der Waals surface area contributed by atoms with Crippen LogP contribution >= 0.6 is 0 Å². The summed E-state index contributed by atoms with van der Waals surface area (Å²) in [6.07, 6.45) is 66.3. The van der Waals surface area contributed by atoms with Crippen molar-refractivity contribution in [1.82, 2.24) is 5.32 Å². The van der Waals surface area contributed by atoms with Gasteiger partial charge in [0.25, 0.3) is 0 Å². The molecule has 0 aliphatic carbocycles. The fraction of sp³-hybridized carbons (Fsp3) is 0.933. The average molecular weight is 933 g/mol. The van der Waals surface area contributed by atoms with E-state index in [0.717, 1.165) is 57.8 Å². The lowest BCUT2D eigenvalue weighted by Gasteiger charge is -2.22. The Morgan fingerprint density at radius 2 is 0.712 bits per heavy atom. The van der Waals surface area contributed by atoms with Crippen molar-refractivity contribution in [3.63, 3.8) is 0 Å². The van der Waals surface area contributed by atoms with E-state index in [1.807, 2.05) is 0 Å². The molecule has 1 amide bonds. The molecule has 0 aliphatic heterocycles. The molecule has 0 bridgehead atoms. The number of rotatable bonds is 56. The van der Waals surface area contributed by atoms with Gasteiger partial charge in [0.2, 0.25) is 5.91 Å². The van der Waals surface area contributed by atoms with Crippen molar-refractivity contribution in [2.75, 3.05) is 13.2 Å². The van der Waals surface area contributed by atoms with Gasteiger partial charge in [-0.15, -0.1) is 0 Å². The molecule has 0 aromatic rings. The fourth-order valence-corrected chi connectivity index (χ4v) is 9.46. The first-order valence-corrected chi connectivity index (χ1v) is 29.9. The first-order valence-electron chi connectivity index (χ1n) is 29.9. The molecule has 0 aromatic carbocycles. The SMILES string of the molecule is CCCCCCCC/C=C\CCCCCCCCCC(=O)OCCCCCCCCCCCCCCC(=O)NC(CO)C(O)CCCCCCCCCCCCCCCCCCCCCC. The highest BCUT2D eigenvalue weighted by atomic mass is 16.5. The lowest BCUT2D eigenvalue weighted by Crippen LogP contribution is -2.45. The molecule has 0 saturated heterocycles. The maximum atomic E-state index is 12.5. The van der Waals surface area contributed by atoms with Gasteiger partial charge in [-0.3, -0.25) is 9.59 Å². The molecule has 0 saturated carbocycles. The van der Waals surface area contributed by atoms with Gasteiger partial charge >= 0.3 is 5.97 Å². The van der Waals surface area contributed by atoms with E-state index in [2.05, 4.69) is 31.3 Å². The molecule has 392 valence electrons. The molecule has 2 unspecified atom stereocenters. The van der Waals surface area contributed by atoms with Crippen molar-refractivity contribution in [3.05, 3.63) is 12.2 Å². The third kappa shape index (κ3) is 52.0. The molecule has 66 heavy (non-hydrogen) atoms. The van der Waals surface area contributed by atoms with Crippen molar-refractivity contribution in [1.29, 1.82) is 0 Å². The monoisotopic (exact) mass is 932 g/mol. The summed E-state index contributed by atoms with van der Waals surface area (Å²) in [6.45, 7) is 4.94. The number of hydrogen-bond donors (Lipinski definition) is 3. The highest BCUT2D eigenvalue weighted by Gasteiger charge is 2.20. The van der Waals surface area contributed by atoms with Crippen LogP contribution in [0, 0.1) is 0 Å². The zero-order valence-corrected chi connectivity index (χ0v) is 44.7. The third-order valence-corrected chi connectivity index (χ3v) is 14.1. The zero-order valence-electron chi connectivity index (χ0n) is 44.7. The normalized spacial score (nSPS) is 12.6. The number of allylic oxidation sites excluding steroid dienone is 2. The highest BCUT2D eigenvalue weighted by Crippen LogP contribution is 2.18. The average Bonchev–Trinajstić information content (AvgIpc) is 3.32. The summed E-state index contributed by atoms with van der Waals surface area (Å²) in [7, 11) is 0. The minimum absolute atomic E-state index is 0.0114. The van der Waals surface area contributed by atoms with E-state index in [-0.39, 0.29) is 18.5 Å². The molecule has 0 aliphatic rings. The van der Waals surface area contributed by atoms with Gasteiger partial charge in [0.15, 0.2) is 0 Å². The maximum Gasteiger partial charge on any atom is 0.305 e. The number of nitrogens with one attached hydrogen (secondary N) is 1. The number of carbonyl (C=O) groups excluding carboxylic acids is 2. The van der Waals surface area contributed by atoms with E-state index in [0.29, 0.717) is 25.9 Å². The standard InChI is InChI=1S/C60H117NO5/c1-3-5-7-9-11-13-15-17-19-21-22-23-25-26-28-32-36-40-44-48-52-58(63)57(56-62)61-59(64)53-49-45-41-37-33-30-31-35-39-43-47-51-55-66-60(65)54-50-46-42-38-34-29-27-24-20-18-16-14-12-10-8-6-4-2/h18,20,57-58,62-63H,3-17,19,21-56H2,1-2H3,(H,61,64)/b20-18-. The van der Waals surface area contributed by atoms with Crippen molar-refractivity contribution >= 4 is 11.9 Å². The van der Waals surface area contributed by atoms with Crippen molar-refractivity contribution in [3.8, 4) is 0 Å². The van der Waals surface area contributed by atoms with Crippen LogP contribution in [0.15, 0.2) is 12.2 Å². The Labute approximate surface area is 412 Å². The van der Waals surface area contributed by atoms with Crippen molar-refractivity contribution < 1.29 is 24.5 Å². The number of aliphatic hydroxyl groups excluding tert-OH is 2. The molecule has 0 fully saturated rings. The quantitative estimate of drug-likeness (QED) is 0.0321. The first-order chi connectivity index (χ1) is 32.5. The Bertz CT molecular complexity index is 986. The Kier molecular flexibility index (Phi) is 55.0. The molecule has 0 spiro atoms. The minimum atomic E-state index is -0.675. The van der Waals surface area contributed by atoms with Crippen LogP contribution in [-0.4, -0.2) is 47.4 Å². The van der Waals surface area contributed by atoms with Crippen molar-refractivity contribution in [2.24, 2.45) is 0 Å². The van der Waals surface area contributed by atoms with Gasteiger partial charge < -0.3 is 20.3 Å². The van der Waals surface area contributed by atoms with Crippen LogP contribution in [0.5, 0.6) is 0 Å². The Hall–Kier alpha value is -1.40. The Morgan fingerprint density at radius 1 is 0.409 bits per heavy atom. The van der Waals surface area contributed by atoms with Gasteiger partial charge in [0.1, 0.15) is 0 Å². The van der Waals surface area contributed by atoms with Crippen LogP contribution in [0.4, 0.5) is 0 Å². The number of aliphatic hydroxyl groups is 2. The predicted octanol–water partition coefficient (Wildman–Crippen LogP) is 18.5. The molecular weight excluding hydrogens is 815 g/mol. The number of ether oxygens (including phenoxy) is 1. The van der Waals surface area contributed by atoms with E-state index in [9.17, 15) is 19.8 Å². The van der Waals surface area contributed by atoms with Crippen LogP contribution in [0.2, 0.25) is 0 Å². The Balaban J connectivity index is 3.44. The third-order valence-electron chi connectivity index (χ3n) is 14.1. The molecule has 0 rings (SSSR count). The Morgan fingerprint density at radius 3 is 1.08 bits per heavy atom.